The number of hydrogen-bond donors (Lipinski definition) is 5. The summed E-state index contributed by atoms with van der Waals surface area (Å²) in [6.45, 7) is 6.85. The van der Waals surface area contributed by atoms with Crippen LogP contribution in [0.2, 0.25) is 0 Å². The summed E-state index contributed by atoms with van der Waals surface area (Å²) >= 11 is 0. The number of urea groups is 1. The van der Waals surface area contributed by atoms with Crippen molar-refractivity contribution < 1.29 is 14.4 Å². The van der Waals surface area contributed by atoms with E-state index in [0.29, 0.717) is 35.8 Å². The highest BCUT2D eigenvalue weighted by atomic mass is 16.2. The van der Waals surface area contributed by atoms with Crippen molar-refractivity contribution in [3.8, 4) is 0 Å². The first-order chi connectivity index (χ1) is 22.0. The normalized spacial score (nSPS) is 14.2. The third kappa shape index (κ3) is 7.27. The molecule has 0 bridgehead atoms. The largest absolute Gasteiger partial charge is 0.338 e. The van der Waals surface area contributed by atoms with E-state index in [2.05, 4.69) is 36.4 Å². The lowest BCUT2D eigenvalue weighted by Gasteiger charge is -2.34. The van der Waals surface area contributed by atoms with Crippen molar-refractivity contribution in [2.75, 3.05) is 36.6 Å². The van der Waals surface area contributed by atoms with Gasteiger partial charge in [0.2, 0.25) is 5.91 Å². The van der Waals surface area contributed by atoms with Gasteiger partial charge in [-0.25, -0.2) is 4.79 Å². The monoisotopic (exact) mass is 620 g/mol. The van der Waals surface area contributed by atoms with E-state index >= 15 is 0 Å². The number of fused-ring (bicyclic) bond motifs is 1. The number of nitrogens with one attached hydrogen (secondary N) is 5. The average Bonchev–Trinajstić information content (AvgIpc) is 3.55. The molecule has 1 aliphatic rings. The lowest BCUT2D eigenvalue weighted by Crippen LogP contribution is -2.48. The second kappa shape index (κ2) is 13.7. The summed E-state index contributed by atoms with van der Waals surface area (Å²) in [5, 5.41) is 19.9. The van der Waals surface area contributed by atoms with Crippen molar-refractivity contribution in [2.45, 2.75) is 38.9 Å². The number of H-pyrrole nitrogens is 1. The van der Waals surface area contributed by atoms with Crippen LogP contribution in [-0.2, 0) is 16.9 Å². The van der Waals surface area contributed by atoms with Crippen LogP contribution < -0.4 is 21.3 Å². The molecule has 5 N–H and O–H groups in total. The number of likely N-dealkylation sites (N-methyl/N-ethyl adjacent to an activating group) is 1. The molecule has 0 unspecified atom stereocenters. The number of aromatic nitrogens is 2. The highest BCUT2D eigenvalue weighted by Crippen LogP contribution is 2.41. The Labute approximate surface area is 269 Å². The molecule has 4 amide bonds. The predicted molar refractivity (Wildman–Crippen MR) is 181 cm³/mol. The molecule has 1 aromatic heterocycles. The number of aromatic amines is 1. The molecule has 11 nitrogen and oxygen atoms in total. The fraction of sp³-hybridized carbons (Fsp3) is 0.257. The standard InChI is InChI=1S/C35H40N8O3/c1-6-10-30(44)36-25-15-13-24(14-16-25)33(45)38-27-19-17-26(18-20-27)37-32-28-21-43(35(2,3)31(28)40-41-32)34(46)39-29(22-42(4)5)23-11-8-7-9-12-23/h6-20,29H,21-22H2,1-5H3,(H,36,44)(H,38,45)(H,39,46)(H2,37,40,41)/b10-6+/t29-/m1/s1. The van der Waals surface area contributed by atoms with Crippen LogP contribution in [0.15, 0.2) is 91.0 Å². The van der Waals surface area contributed by atoms with Crippen LogP contribution in [-0.4, -0.2) is 58.5 Å². The van der Waals surface area contributed by atoms with Crippen LogP contribution in [0.5, 0.6) is 0 Å². The molecule has 46 heavy (non-hydrogen) atoms. The Balaban J connectivity index is 1.22. The summed E-state index contributed by atoms with van der Waals surface area (Å²) in [6.07, 6.45) is 3.09. The average molecular weight is 621 g/mol. The molecule has 11 heteroatoms. The molecule has 1 atom stereocenters. The second-order valence-corrected chi connectivity index (χ2v) is 12.0. The molecule has 0 radical (unpaired) electrons. The second-order valence-electron chi connectivity index (χ2n) is 12.0. The summed E-state index contributed by atoms with van der Waals surface area (Å²) < 4.78 is 0. The quantitative estimate of drug-likeness (QED) is 0.138. The summed E-state index contributed by atoms with van der Waals surface area (Å²) in [4.78, 5) is 42.1. The van der Waals surface area contributed by atoms with Crippen LogP contribution in [0.25, 0.3) is 0 Å². The number of anilines is 4. The number of nitrogens with zero attached hydrogens (tertiary/aromatic N) is 3. The van der Waals surface area contributed by atoms with Gasteiger partial charge in [-0.1, -0.05) is 36.4 Å². The maximum atomic E-state index is 13.7. The van der Waals surface area contributed by atoms with Gasteiger partial charge in [-0.2, -0.15) is 5.10 Å². The number of amides is 4. The van der Waals surface area contributed by atoms with Crippen LogP contribution in [0, 0.1) is 0 Å². The van der Waals surface area contributed by atoms with Crippen molar-refractivity contribution in [1.82, 2.24) is 25.3 Å². The van der Waals surface area contributed by atoms with Gasteiger partial charge < -0.3 is 31.1 Å². The van der Waals surface area contributed by atoms with E-state index in [9.17, 15) is 14.4 Å². The van der Waals surface area contributed by atoms with Gasteiger partial charge in [0.25, 0.3) is 5.91 Å². The SMILES string of the molecule is C/C=C/C(=O)Nc1ccc(C(=O)Nc2ccc(Nc3n[nH]c4c3CN(C(=O)N[C@H](CN(C)C)c3ccccc3)C4(C)C)cc2)cc1. The third-order valence-electron chi connectivity index (χ3n) is 7.90. The number of hydrogen-bond acceptors (Lipinski definition) is 6. The predicted octanol–water partition coefficient (Wildman–Crippen LogP) is 5.98. The zero-order valence-corrected chi connectivity index (χ0v) is 26.7. The highest BCUT2D eigenvalue weighted by Gasteiger charge is 2.44. The van der Waals surface area contributed by atoms with E-state index in [0.717, 1.165) is 22.5 Å². The number of carbonyl (C=O) groups is 3. The first-order valence-electron chi connectivity index (χ1n) is 15.1. The minimum atomic E-state index is -0.601. The van der Waals surface area contributed by atoms with Crippen molar-refractivity contribution >= 4 is 40.7 Å². The Hall–Kier alpha value is -5.42. The van der Waals surface area contributed by atoms with Crippen molar-refractivity contribution in [1.29, 1.82) is 0 Å². The first kappa shape index (κ1) is 32.0. The number of benzene rings is 3. The number of rotatable bonds is 10. The molecule has 0 aliphatic carbocycles. The number of allylic oxidation sites excluding steroid dienone is 1. The van der Waals surface area contributed by atoms with Crippen LogP contribution >= 0.6 is 0 Å². The zero-order chi connectivity index (χ0) is 32.8. The molecule has 1 aliphatic heterocycles. The minimum absolute atomic E-state index is 0.149. The van der Waals surface area contributed by atoms with E-state index in [-0.39, 0.29) is 23.9 Å². The zero-order valence-electron chi connectivity index (χ0n) is 26.7. The fourth-order valence-corrected chi connectivity index (χ4v) is 5.47. The molecule has 0 spiro atoms. The van der Waals surface area contributed by atoms with E-state index in [1.54, 1.807) is 49.4 Å². The molecule has 2 heterocycles. The smallest absolute Gasteiger partial charge is 0.319 e. The molecule has 0 saturated carbocycles. The van der Waals surface area contributed by atoms with E-state index in [1.807, 2.05) is 75.3 Å². The van der Waals surface area contributed by atoms with Gasteiger partial charge in [0.1, 0.15) is 0 Å². The molecule has 3 aromatic carbocycles. The Bertz CT molecular complexity index is 1710. The summed E-state index contributed by atoms with van der Waals surface area (Å²) in [7, 11) is 3.98. The lowest BCUT2D eigenvalue weighted by atomic mass is 10.0. The fourth-order valence-electron chi connectivity index (χ4n) is 5.47. The van der Waals surface area contributed by atoms with Crippen molar-refractivity contribution in [3.05, 3.63) is 113 Å². The molecule has 4 aromatic rings. The molecular weight excluding hydrogens is 580 g/mol. The Morgan fingerprint density at radius 3 is 2.22 bits per heavy atom. The van der Waals surface area contributed by atoms with Crippen LogP contribution in [0.3, 0.4) is 0 Å². The van der Waals surface area contributed by atoms with E-state index in [1.165, 1.54) is 6.08 Å². The van der Waals surface area contributed by atoms with Gasteiger partial charge in [-0.05, 0) is 95.0 Å². The molecule has 0 saturated heterocycles. The Kier molecular flexibility index (Phi) is 9.53. The highest BCUT2D eigenvalue weighted by molar-refractivity contribution is 6.05. The van der Waals surface area contributed by atoms with Crippen molar-refractivity contribution in [2.24, 2.45) is 0 Å². The topological polar surface area (TPSA) is 134 Å². The van der Waals surface area contributed by atoms with Gasteiger partial charge in [0, 0.05) is 34.7 Å². The summed E-state index contributed by atoms with van der Waals surface area (Å²) in [5.74, 6) is 0.148. The van der Waals surface area contributed by atoms with Gasteiger partial charge in [-0.3, -0.25) is 14.7 Å². The van der Waals surface area contributed by atoms with Crippen molar-refractivity contribution in [3.63, 3.8) is 0 Å². The van der Waals surface area contributed by atoms with Gasteiger partial charge >= 0.3 is 6.03 Å². The van der Waals surface area contributed by atoms with Gasteiger partial charge in [0.05, 0.1) is 23.8 Å². The molecule has 5 rings (SSSR count). The number of carbonyl (C=O) groups excluding carboxylic acids is 3. The molecule has 0 fully saturated rings. The van der Waals surface area contributed by atoms with E-state index < -0.39 is 5.54 Å². The van der Waals surface area contributed by atoms with E-state index in [4.69, 9.17) is 0 Å². The van der Waals surface area contributed by atoms with Crippen LogP contribution in [0.1, 0.15) is 54.0 Å². The molecular formula is C35H40N8O3. The maximum absolute atomic E-state index is 13.7. The summed E-state index contributed by atoms with van der Waals surface area (Å²) in [6, 6.07) is 23.7. The van der Waals surface area contributed by atoms with Crippen LogP contribution in [0.4, 0.5) is 27.7 Å². The van der Waals surface area contributed by atoms with Gasteiger partial charge in [0.15, 0.2) is 5.82 Å². The lowest BCUT2D eigenvalue weighted by molar-refractivity contribution is -0.111. The first-order valence-corrected chi connectivity index (χ1v) is 15.1. The Morgan fingerprint density at radius 2 is 1.57 bits per heavy atom. The Morgan fingerprint density at radius 1 is 0.935 bits per heavy atom. The van der Waals surface area contributed by atoms with Gasteiger partial charge in [-0.15, -0.1) is 0 Å². The third-order valence-corrected chi connectivity index (χ3v) is 7.90. The summed E-state index contributed by atoms with van der Waals surface area (Å²) in [5.41, 5.74) is 4.73. The minimum Gasteiger partial charge on any atom is -0.338 e. The molecule has 238 valence electrons. The maximum Gasteiger partial charge on any atom is 0.319 e.